The summed E-state index contributed by atoms with van der Waals surface area (Å²) in [6.45, 7) is 6.36. The van der Waals surface area contributed by atoms with Crippen molar-refractivity contribution in [3.05, 3.63) is 64.3 Å². The van der Waals surface area contributed by atoms with Gasteiger partial charge in [-0.1, -0.05) is 18.2 Å². The standard InChI is InChI=1S/C22H22N2OS2/c1-4-24(5-2)16-10-8-15(9-11-16)20-14-18-22(27-20)17(13-21(25)23(18)3)19-7-6-12-26-19/h6-14H,4-5H2,1-3H3. The van der Waals surface area contributed by atoms with Crippen LogP contribution in [0.3, 0.4) is 0 Å². The third kappa shape index (κ3) is 3.22. The molecule has 0 unspecified atom stereocenters. The van der Waals surface area contributed by atoms with Crippen LogP contribution in [0.2, 0.25) is 0 Å². The minimum Gasteiger partial charge on any atom is -0.372 e. The molecule has 138 valence electrons. The highest BCUT2D eigenvalue weighted by Crippen LogP contribution is 2.39. The Kier molecular flexibility index (Phi) is 4.89. The Morgan fingerprint density at radius 1 is 1.00 bits per heavy atom. The minimum absolute atomic E-state index is 0.0344. The molecule has 3 aromatic heterocycles. The first-order chi connectivity index (χ1) is 13.1. The first kappa shape index (κ1) is 18.0. The Morgan fingerprint density at radius 3 is 2.37 bits per heavy atom. The van der Waals surface area contributed by atoms with Crippen LogP contribution in [0.1, 0.15) is 13.8 Å². The SMILES string of the molecule is CCN(CC)c1ccc(-c2cc3c(s2)c(-c2cccs2)cc(=O)n3C)cc1. The van der Waals surface area contributed by atoms with E-state index in [-0.39, 0.29) is 5.56 Å². The summed E-state index contributed by atoms with van der Waals surface area (Å²) in [5.41, 5.74) is 4.51. The third-order valence-electron chi connectivity index (χ3n) is 4.98. The van der Waals surface area contributed by atoms with Crippen LogP contribution in [0, 0.1) is 0 Å². The van der Waals surface area contributed by atoms with Crippen LogP contribution in [0.15, 0.2) is 58.7 Å². The van der Waals surface area contributed by atoms with Gasteiger partial charge in [0.2, 0.25) is 0 Å². The van der Waals surface area contributed by atoms with Crippen molar-refractivity contribution in [1.29, 1.82) is 0 Å². The van der Waals surface area contributed by atoms with Gasteiger partial charge in [-0.25, -0.2) is 0 Å². The summed E-state index contributed by atoms with van der Waals surface area (Å²) in [6.07, 6.45) is 0. The predicted molar refractivity (Wildman–Crippen MR) is 119 cm³/mol. The lowest BCUT2D eigenvalue weighted by atomic mass is 10.1. The Hall–Kier alpha value is -2.37. The highest BCUT2D eigenvalue weighted by Gasteiger charge is 2.14. The maximum absolute atomic E-state index is 12.4. The van der Waals surface area contributed by atoms with E-state index in [0.717, 1.165) is 29.0 Å². The van der Waals surface area contributed by atoms with Crippen molar-refractivity contribution >= 4 is 38.6 Å². The molecule has 0 atom stereocenters. The number of benzene rings is 1. The highest BCUT2D eigenvalue weighted by atomic mass is 32.1. The van der Waals surface area contributed by atoms with Crippen molar-refractivity contribution < 1.29 is 0 Å². The molecule has 0 aliphatic heterocycles. The highest BCUT2D eigenvalue weighted by molar-refractivity contribution is 7.23. The van der Waals surface area contributed by atoms with Gasteiger partial charge in [-0.05, 0) is 49.1 Å². The van der Waals surface area contributed by atoms with Crippen LogP contribution in [0.25, 0.3) is 31.1 Å². The fraction of sp³-hybridized carbons (Fsp3) is 0.227. The average Bonchev–Trinajstić information content (AvgIpc) is 3.37. The lowest BCUT2D eigenvalue weighted by Crippen LogP contribution is -2.21. The van der Waals surface area contributed by atoms with Gasteiger partial charge in [0.05, 0.1) is 10.2 Å². The molecule has 0 bridgehead atoms. The van der Waals surface area contributed by atoms with Gasteiger partial charge in [0.15, 0.2) is 0 Å². The van der Waals surface area contributed by atoms with Gasteiger partial charge in [-0.2, -0.15) is 0 Å². The van der Waals surface area contributed by atoms with Gasteiger partial charge in [0.1, 0.15) is 0 Å². The van der Waals surface area contributed by atoms with Crippen molar-refractivity contribution in [2.45, 2.75) is 13.8 Å². The zero-order valence-corrected chi connectivity index (χ0v) is 17.4. The van der Waals surface area contributed by atoms with Crippen molar-refractivity contribution in [1.82, 2.24) is 4.57 Å². The number of nitrogens with zero attached hydrogens (tertiary/aromatic N) is 2. The summed E-state index contributed by atoms with van der Waals surface area (Å²) in [6, 6.07) is 16.8. The molecule has 0 fully saturated rings. The Morgan fingerprint density at radius 2 is 1.74 bits per heavy atom. The van der Waals surface area contributed by atoms with E-state index in [1.165, 1.54) is 20.8 Å². The zero-order chi connectivity index (χ0) is 19.0. The summed E-state index contributed by atoms with van der Waals surface area (Å²) in [5.74, 6) is 0. The van der Waals surface area contributed by atoms with Crippen LogP contribution < -0.4 is 10.5 Å². The van der Waals surface area contributed by atoms with E-state index in [1.54, 1.807) is 33.3 Å². The van der Waals surface area contributed by atoms with E-state index < -0.39 is 0 Å². The summed E-state index contributed by atoms with van der Waals surface area (Å²) in [5, 5.41) is 2.05. The summed E-state index contributed by atoms with van der Waals surface area (Å²) in [7, 11) is 1.85. The molecule has 5 heteroatoms. The van der Waals surface area contributed by atoms with E-state index in [4.69, 9.17) is 0 Å². The minimum atomic E-state index is 0.0344. The monoisotopic (exact) mass is 394 g/mol. The molecular formula is C22H22N2OS2. The second-order valence-corrected chi connectivity index (χ2v) is 8.48. The van der Waals surface area contributed by atoms with Crippen molar-refractivity contribution in [2.75, 3.05) is 18.0 Å². The second-order valence-electron chi connectivity index (χ2n) is 6.48. The summed E-state index contributed by atoms with van der Waals surface area (Å²) in [4.78, 5) is 17.1. The molecule has 27 heavy (non-hydrogen) atoms. The van der Waals surface area contributed by atoms with Crippen LogP contribution in [0.5, 0.6) is 0 Å². The quantitative estimate of drug-likeness (QED) is 0.425. The maximum Gasteiger partial charge on any atom is 0.251 e. The molecular weight excluding hydrogens is 372 g/mol. The predicted octanol–water partition coefficient (Wildman–Crippen LogP) is 5.84. The number of rotatable bonds is 5. The van der Waals surface area contributed by atoms with Crippen molar-refractivity contribution in [3.8, 4) is 20.9 Å². The number of hydrogen-bond acceptors (Lipinski definition) is 4. The number of anilines is 1. The van der Waals surface area contributed by atoms with Crippen LogP contribution in [0.4, 0.5) is 5.69 Å². The second kappa shape index (κ2) is 7.33. The van der Waals surface area contributed by atoms with Crippen molar-refractivity contribution in [3.63, 3.8) is 0 Å². The van der Waals surface area contributed by atoms with Crippen LogP contribution in [-0.2, 0) is 7.05 Å². The molecule has 0 spiro atoms. The van der Waals surface area contributed by atoms with E-state index >= 15 is 0 Å². The Bertz CT molecular complexity index is 1120. The molecule has 4 rings (SSSR count). The van der Waals surface area contributed by atoms with Gasteiger partial charge >= 0.3 is 0 Å². The van der Waals surface area contributed by atoms with Gasteiger partial charge < -0.3 is 9.47 Å². The number of pyridine rings is 1. The van der Waals surface area contributed by atoms with Gasteiger partial charge in [-0.3, -0.25) is 4.79 Å². The Labute approximate surface area is 167 Å². The third-order valence-corrected chi connectivity index (χ3v) is 7.09. The van der Waals surface area contributed by atoms with E-state index in [0.29, 0.717) is 0 Å². The largest absolute Gasteiger partial charge is 0.372 e. The Balaban J connectivity index is 1.83. The lowest BCUT2D eigenvalue weighted by Gasteiger charge is -2.21. The number of thiophene rings is 2. The smallest absolute Gasteiger partial charge is 0.251 e. The molecule has 0 aliphatic rings. The topological polar surface area (TPSA) is 25.2 Å². The average molecular weight is 395 g/mol. The van der Waals surface area contributed by atoms with E-state index in [9.17, 15) is 4.79 Å². The molecule has 0 aliphatic carbocycles. The first-order valence-electron chi connectivity index (χ1n) is 9.15. The summed E-state index contributed by atoms with van der Waals surface area (Å²) >= 11 is 3.43. The first-order valence-corrected chi connectivity index (χ1v) is 10.8. The molecule has 0 radical (unpaired) electrons. The van der Waals surface area contributed by atoms with Gasteiger partial charge in [0.25, 0.3) is 5.56 Å². The fourth-order valence-electron chi connectivity index (χ4n) is 3.41. The van der Waals surface area contributed by atoms with Gasteiger partial charge in [-0.15, -0.1) is 22.7 Å². The van der Waals surface area contributed by atoms with Gasteiger partial charge in [0, 0.05) is 47.2 Å². The molecule has 0 saturated heterocycles. The molecule has 3 nitrogen and oxygen atoms in total. The molecule has 0 N–H and O–H groups in total. The van der Waals surface area contributed by atoms with Crippen LogP contribution >= 0.6 is 22.7 Å². The molecule has 0 saturated carbocycles. The molecule has 0 amide bonds. The fourth-order valence-corrected chi connectivity index (χ4v) is 5.45. The van der Waals surface area contributed by atoms with E-state index in [2.05, 4.69) is 60.5 Å². The maximum atomic E-state index is 12.4. The van der Waals surface area contributed by atoms with Crippen LogP contribution in [-0.4, -0.2) is 17.7 Å². The van der Waals surface area contributed by atoms with E-state index in [1.807, 2.05) is 13.1 Å². The van der Waals surface area contributed by atoms with Crippen molar-refractivity contribution in [2.24, 2.45) is 7.05 Å². The number of aromatic nitrogens is 1. The molecule has 3 heterocycles. The summed E-state index contributed by atoms with van der Waals surface area (Å²) < 4.78 is 2.92. The number of fused-ring (bicyclic) bond motifs is 1. The lowest BCUT2D eigenvalue weighted by molar-refractivity contribution is 0.866. The normalized spacial score (nSPS) is 11.2. The number of hydrogen-bond donors (Lipinski definition) is 0. The zero-order valence-electron chi connectivity index (χ0n) is 15.7. The molecule has 4 aromatic rings. The number of aryl methyl sites for hydroxylation is 1. The molecule has 1 aromatic carbocycles.